The average molecular weight is 275 g/mol. The summed E-state index contributed by atoms with van der Waals surface area (Å²) in [6.45, 7) is 7.88. The van der Waals surface area contributed by atoms with Crippen molar-refractivity contribution in [3.05, 3.63) is 12.4 Å². The zero-order valence-electron chi connectivity index (χ0n) is 12.4. The van der Waals surface area contributed by atoms with Gasteiger partial charge in [0.25, 0.3) is 0 Å². The Hall–Kier alpha value is -1.36. The van der Waals surface area contributed by atoms with Crippen LogP contribution in [0, 0.1) is 0 Å². The van der Waals surface area contributed by atoms with Crippen molar-refractivity contribution in [3.63, 3.8) is 0 Å². The van der Waals surface area contributed by atoms with Crippen LogP contribution in [0.15, 0.2) is 12.4 Å². The van der Waals surface area contributed by atoms with E-state index in [1.165, 1.54) is 32.4 Å². The Labute approximate surface area is 121 Å². The third kappa shape index (κ3) is 3.03. The Morgan fingerprint density at radius 3 is 2.90 bits per heavy atom. The highest BCUT2D eigenvalue weighted by molar-refractivity contribution is 5.44. The minimum atomic E-state index is 0.714. The summed E-state index contributed by atoms with van der Waals surface area (Å²) in [6, 6.07) is 0.714. The lowest BCUT2D eigenvalue weighted by Crippen LogP contribution is -2.35. The topological polar surface area (TPSA) is 44.3 Å². The molecule has 0 spiro atoms. The van der Waals surface area contributed by atoms with Gasteiger partial charge in [-0.1, -0.05) is 6.92 Å². The fourth-order valence-electron chi connectivity index (χ4n) is 3.20. The molecule has 1 aromatic heterocycles. The largest absolute Gasteiger partial charge is 0.369 e. The van der Waals surface area contributed by atoms with Gasteiger partial charge >= 0.3 is 0 Å². The van der Waals surface area contributed by atoms with Crippen molar-refractivity contribution >= 4 is 11.6 Å². The lowest BCUT2D eigenvalue weighted by molar-refractivity contribution is 0.260. The van der Waals surface area contributed by atoms with E-state index in [-0.39, 0.29) is 0 Å². The van der Waals surface area contributed by atoms with Gasteiger partial charge in [0.05, 0.1) is 12.4 Å². The van der Waals surface area contributed by atoms with Crippen LogP contribution in [0.5, 0.6) is 0 Å². The van der Waals surface area contributed by atoms with Gasteiger partial charge in [0, 0.05) is 25.7 Å². The molecule has 20 heavy (non-hydrogen) atoms. The van der Waals surface area contributed by atoms with Crippen molar-refractivity contribution in [1.82, 2.24) is 14.9 Å². The summed E-state index contributed by atoms with van der Waals surface area (Å²) < 4.78 is 0. The fraction of sp³-hybridized carbons (Fsp3) is 0.733. The Bertz CT molecular complexity index is 430. The van der Waals surface area contributed by atoms with Gasteiger partial charge in [-0.15, -0.1) is 0 Å². The lowest BCUT2D eigenvalue weighted by Gasteiger charge is -2.24. The number of nitrogens with zero attached hydrogens (tertiary/aromatic N) is 4. The van der Waals surface area contributed by atoms with Gasteiger partial charge < -0.3 is 10.2 Å². The highest BCUT2D eigenvalue weighted by Crippen LogP contribution is 2.24. The van der Waals surface area contributed by atoms with Crippen LogP contribution >= 0.6 is 0 Å². The predicted octanol–water partition coefficient (Wildman–Crippen LogP) is 1.97. The number of nitrogens with one attached hydrogen (secondary N) is 1. The second-order valence-corrected chi connectivity index (χ2v) is 5.82. The number of hydrogen-bond donors (Lipinski definition) is 1. The molecule has 0 amide bonds. The zero-order chi connectivity index (χ0) is 13.8. The van der Waals surface area contributed by atoms with Crippen molar-refractivity contribution in [2.45, 2.75) is 38.6 Å². The Morgan fingerprint density at radius 2 is 2.10 bits per heavy atom. The molecule has 5 heteroatoms. The molecule has 1 aromatic rings. The number of likely N-dealkylation sites (tertiary alicyclic amines) is 1. The van der Waals surface area contributed by atoms with E-state index in [0.29, 0.717) is 6.04 Å². The molecule has 2 saturated heterocycles. The summed E-state index contributed by atoms with van der Waals surface area (Å²) in [4.78, 5) is 14.0. The van der Waals surface area contributed by atoms with E-state index in [0.717, 1.165) is 37.7 Å². The summed E-state index contributed by atoms with van der Waals surface area (Å²) in [5.41, 5.74) is 0. The maximum atomic E-state index is 4.69. The van der Waals surface area contributed by atoms with Gasteiger partial charge in [-0.3, -0.25) is 9.88 Å². The third-order valence-corrected chi connectivity index (χ3v) is 4.32. The van der Waals surface area contributed by atoms with Gasteiger partial charge in [-0.2, -0.15) is 0 Å². The number of hydrogen-bond acceptors (Lipinski definition) is 5. The second kappa shape index (κ2) is 6.39. The van der Waals surface area contributed by atoms with E-state index in [4.69, 9.17) is 0 Å². The van der Waals surface area contributed by atoms with Crippen LogP contribution in [0.2, 0.25) is 0 Å². The van der Waals surface area contributed by atoms with Gasteiger partial charge in [0.1, 0.15) is 11.6 Å². The van der Waals surface area contributed by atoms with Crippen molar-refractivity contribution in [2.75, 3.05) is 42.9 Å². The molecule has 2 fully saturated rings. The first-order valence-corrected chi connectivity index (χ1v) is 7.91. The predicted molar refractivity (Wildman–Crippen MR) is 82.2 cm³/mol. The molecule has 3 rings (SSSR count). The van der Waals surface area contributed by atoms with Crippen molar-refractivity contribution in [1.29, 1.82) is 0 Å². The summed E-state index contributed by atoms with van der Waals surface area (Å²) in [5.74, 6) is 1.92. The quantitative estimate of drug-likeness (QED) is 0.890. The van der Waals surface area contributed by atoms with Crippen molar-refractivity contribution in [3.8, 4) is 0 Å². The molecule has 2 aliphatic rings. The Morgan fingerprint density at radius 1 is 1.25 bits per heavy atom. The molecular weight excluding hydrogens is 250 g/mol. The standard InChI is InChI=1S/C15H25N5/c1-2-6-17-14-10-16-11-15(18-14)20-9-5-13(12-20)19-7-3-4-8-19/h10-11,13H,2-9,12H2,1H3,(H,17,18). The molecule has 3 heterocycles. The first kappa shape index (κ1) is 13.6. The monoisotopic (exact) mass is 275 g/mol. The molecule has 0 aliphatic carbocycles. The molecule has 110 valence electrons. The van der Waals surface area contributed by atoms with Crippen LogP contribution in [-0.2, 0) is 0 Å². The molecule has 0 saturated carbocycles. The molecular formula is C15H25N5. The van der Waals surface area contributed by atoms with Crippen LogP contribution in [0.1, 0.15) is 32.6 Å². The van der Waals surface area contributed by atoms with Gasteiger partial charge in [-0.05, 0) is 38.8 Å². The maximum absolute atomic E-state index is 4.69. The van der Waals surface area contributed by atoms with Gasteiger partial charge in [0.15, 0.2) is 0 Å². The second-order valence-electron chi connectivity index (χ2n) is 5.82. The minimum absolute atomic E-state index is 0.714. The van der Waals surface area contributed by atoms with Crippen molar-refractivity contribution in [2.24, 2.45) is 0 Å². The smallest absolute Gasteiger partial charge is 0.149 e. The molecule has 1 atom stereocenters. The van der Waals surface area contributed by atoms with Crippen LogP contribution in [-0.4, -0.2) is 53.6 Å². The van der Waals surface area contributed by atoms with Crippen LogP contribution in [0.3, 0.4) is 0 Å². The van der Waals surface area contributed by atoms with Crippen LogP contribution in [0.25, 0.3) is 0 Å². The van der Waals surface area contributed by atoms with E-state index in [1.807, 2.05) is 12.4 Å². The maximum Gasteiger partial charge on any atom is 0.149 e. The van der Waals surface area contributed by atoms with Gasteiger partial charge in [-0.25, -0.2) is 4.98 Å². The highest BCUT2D eigenvalue weighted by atomic mass is 15.3. The molecule has 2 aliphatic heterocycles. The first-order valence-electron chi connectivity index (χ1n) is 7.91. The zero-order valence-corrected chi connectivity index (χ0v) is 12.4. The van der Waals surface area contributed by atoms with E-state index in [9.17, 15) is 0 Å². The highest BCUT2D eigenvalue weighted by Gasteiger charge is 2.29. The SMILES string of the molecule is CCCNc1cncc(N2CCC(N3CCCC3)C2)n1. The summed E-state index contributed by atoms with van der Waals surface area (Å²) in [5, 5.41) is 3.31. The molecule has 0 bridgehead atoms. The van der Waals surface area contributed by atoms with E-state index in [1.54, 1.807) is 0 Å². The summed E-state index contributed by atoms with van der Waals surface area (Å²) in [7, 11) is 0. The molecule has 0 radical (unpaired) electrons. The Balaban J connectivity index is 1.61. The molecule has 1 N–H and O–H groups in total. The van der Waals surface area contributed by atoms with E-state index in [2.05, 4.69) is 32.0 Å². The summed E-state index contributed by atoms with van der Waals surface area (Å²) >= 11 is 0. The fourth-order valence-corrected chi connectivity index (χ4v) is 3.20. The summed E-state index contributed by atoms with van der Waals surface area (Å²) in [6.07, 6.45) is 8.80. The number of aromatic nitrogens is 2. The molecule has 0 aromatic carbocycles. The van der Waals surface area contributed by atoms with E-state index >= 15 is 0 Å². The average Bonchev–Trinajstić information content (AvgIpc) is 3.15. The minimum Gasteiger partial charge on any atom is -0.369 e. The Kier molecular flexibility index (Phi) is 4.35. The number of rotatable bonds is 5. The first-order chi connectivity index (χ1) is 9.86. The normalized spacial score (nSPS) is 23.4. The lowest BCUT2D eigenvalue weighted by atomic mass is 10.2. The van der Waals surface area contributed by atoms with E-state index < -0.39 is 0 Å². The number of anilines is 2. The van der Waals surface area contributed by atoms with Crippen LogP contribution < -0.4 is 10.2 Å². The van der Waals surface area contributed by atoms with Crippen molar-refractivity contribution < 1.29 is 0 Å². The van der Waals surface area contributed by atoms with Crippen LogP contribution in [0.4, 0.5) is 11.6 Å². The van der Waals surface area contributed by atoms with Gasteiger partial charge in [0.2, 0.25) is 0 Å². The molecule has 1 unspecified atom stereocenters. The third-order valence-electron chi connectivity index (χ3n) is 4.32. The molecule has 5 nitrogen and oxygen atoms in total.